The Hall–Kier alpha value is -2.60. The Balaban J connectivity index is 1.60. The number of fused-ring (bicyclic) bond motifs is 1. The molecule has 2 heterocycles. The van der Waals surface area contributed by atoms with E-state index < -0.39 is 0 Å². The highest BCUT2D eigenvalue weighted by Crippen LogP contribution is 2.26. The molecule has 7 heteroatoms. The van der Waals surface area contributed by atoms with Crippen molar-refractivity contribution in [3.05, 3.63) is 52.7 Å². The van der Waals surface area contributed by atoms with Crippen LogP contribution < -0.4 is 15.5 Å². The number of pyridine rings is 1. The second-order valence-corrected chi connectivity index (χ2v) is 6.88. The third-order valence-electron chi connectivity index (χ3n) is 4.39. The van der Waals surface area contributed by atoms with Crippen molar-refractivity contribution in [2.75, 3.05) is 23.8 Å². The lowest BCUT2D eigenvalue weighted by Gasteiger charge is -2.22. The van der Waals surface area contributed by atoms with Gasteiger partial charge in [-0.15, -0.1) is 0 Å². The molecule has 0 radical (unpaired) electrons. The molecule has 3 rings (SSSR count). The van der Waals surface area contributed by atoms with E-state index in [1.54, 1.807) is 23.2 Å². The number of amides is 2. The Kier molecular flexibility index (Phi) is 5.42. The van der Waals surface area contributed by atoms with Crippen LogP contribution in [-0.4, -0.2) is 30.4 Å². The summed E-state index contributed by atoms with van der Waals surface area (Å²) in [6.45, 7) is 2.14. The van der Waals surface area contributed by atoms with E-state index in [1.807, 2.05) is 32.2 Å². The van der Waals surface area contributed by atoms with E-state index in [4.69, 9.17) is 11.6 Å². The van der Waals surface area contributed by atoms with Gasteiger partial charge in [-0.3, -0.25) is 9.59 Å². The first-order valence-corrected chi connectivity index (χ1v) is 8.85. The van der Waals surface area contributed by atoms with E-state index in [1.165, 1.54) is 0 Å². The first kappa shape index (κ1) is 18.2. The van der Waals surface area contributed by atoms with E-state index in [0.717, 1.165) is 23.2 Å². The van der Waals surface area contributed by atoms with Crippen LogP contribution in [0.15, 0.2) is 36.5 Å². The van der Waals surface area contributed by atoms with Crippen molar-refractivity contribution in [3.63, 3.8) is 0 Å². The van der Waals surface area contributed by atoms with Gasteiger partial charge in [0.05, 0.1) is 17.6 Å². The van der Waals surface area contributed by atoms with Crippen LogP contribution in [-0.2, 0) is 16.0 Å². The summed E-state index contributed by atoms with van der Waals surface area (Å²) in [6, 6.07) is 9.26. The van der Waals surface area contributed by atoms with Crippen LogP contribution in [0.25, 0.3) is 0 Å². The number of nitrogens with one attached hydrogen (secondary N) is 2. The molecule has 6 nitrogen and oxygen atoms in total. The molecule has 0 spiro atoms. The fraction of sp³-hybridized carbons (Fsp3) is 0.316. The molecule has 2 amide bonds. The van der Waals surface area contributed by atoms with Crippen molar-refractivity contribution in [1.29, 1.82) is 0 Å². The topological polar surface area (TPSA) is 74.3 Å². The fourth-order valence-electron chi connectivity index (χ4n) is 2.93. The molecule has 1 aliphatic rings. The molecule has 0 saturated carbocycles. The molecule has 1 aromatic carbocycles. The van der Waals surface area contributed by atoms with Gasteiger partial charge < -0.3 is 15.5 Å². The van der Waals surface area contributed by atoms with Crippen molar-refractivity contribution in [2.24, 2.45) is 0 Å². The predicted octanol–water partition coefficient (Wildman–Crippen LogP) is 2.93. The highest BCUT2D eigenvalue weighted by atomic mass is 35.5. The lowest BCUT2D eigenvalue weighted by atomic mass is 9.98. The van der Waals surface area contributed by atoms with Crippen molar-refractivity contribution >= 4 is 34.9 Å². The molecule has 0 unspecified atom stereocenters. The van der Waals surface area contributed by atoms with Gasteiger partial charge in [-0.05, 0) is 42.7 Å². The van der Waals surface area contributed by atoms with Crippen LogP contribution in [0.2, 0.25) is 5.02 Å². The van der Waals surface area contributed by atoms with Gasteiger partial charge in [0.2, 0.25) is 11.8 Å². The first-order valence-electron chi connectivity index (χ1n) is 8.47. The molecule has 0 bridgehead atoms. The fourth-order valence-corrected chi connectivity index (χ4v) is 3.05. The molecule has 1 aliphatic heterocycles. The van der Waals surface area contributed by atoms with Crippen molar-refractivity contribution < 1.29 is 9.59 Å². The Morgan fingerprint density at radius 3 is 2.88 bits per heavy atom. The quantitative estimate of drug-likeness (QED) is 0.846. The Morgan fingerprint density at radius 2 is 2.15 bits per heavy atom. The smallest absolute Gasteiger partial charge is 0.240 e. The average Bonchev–Trinajstić information content (AvgIpc) is 2.61. The van der Waals surface area contributed by atoms with Gasteiger partial charge in [0.15, 0.2) is 0 Å². The lowest BCUT2D eigenvalue weighted by Crippen LogP contribution is -2.36. The lowest BCUT2D eigenvalue weighted by molar-refractivity contribution is -0.120. The zero-order chi connectivity index (χ0) is 18.7. The predicted molar refractivity (Wildman–Crippen MR) is 102 cm³/mol. The number of rotatable bonds is 5. The number of benzene rings is 1. The maximum atomic E-state index is 12.3. The van der Waals surface area contributed by atoms with Gasteiger partial charge >= 0.3 is 0 Å². The minimum Gasteiger partial charge on any atom is -0.350 e. The first-order chi connectivity index (χ1) is 12.4. The maximum absolute atomic E-state index is 12.3. The minimum absolute atomic E-state index is 0.0467. The van der Waals surface area contributed by atoms with Crippen molar-refractivity contribution in [2.45, 2.75) is 25.8 Å². The highest BCUT2D eigenvalue weighted by Gasteiger charge is 2.17. The Morgan fingerprint density at radius 1 is 1.35 bits per heavy atom. The average molecular weight is 373 g/mol. The minimum atomic E-state index is -0.128. The van der Waals surface area contributed by atoms with Crippen LogP contribution in [0.1, 0.15) is 30.5 Å². The number of anilines is 2. The molecular weight excluding hydrogens is 352 g/mol. The molecule has 1 atom stereocenters. The SMILES string of the molecule is C[C@@H](NC(=O)CN(C)c1ccc(Cl)cn1)c1ccc2c(c1)CCC(=O)N2. The number of carbonyl (C=O) groups excluding carboxylic acids is 2. The summed E-state index contributed by atoms with van der Waals surface area (Å²) in [5.41, 5.74) is 2.98. The third kappa shape index (κ3) is 4.32. The molecule has 26 heavy (non-hydrogen) atoms. The summed E-state index contributed by atoms with van der Waals surface area (Å²) in [7, 11) is 1.81. The number of nitrogens with zero attached hydrogens (tertiary/aromatic N) is 2. The standard InChI is InChI=1S/C19H21ClN4O2/c1-12(13-3-6-16-14(9-13)4-8-18(25)23-16)22-19(26)11-24(2)17-7-5-15(20)10-21-17/h3,5-7,9-10,12H,4,8,11H2,1-2H3,(H,22,26)(H,23,25)/t12-/m1/s1. The number of carbonyl (C=O) groups is 2. The number of likely N-dealkylation sites (N-methyl/N-ethyl adjacent to an activating group) is 1. The van der Waals surface area contributed by atoms with E-state index in [9.17, 15) is 9.59 Å². The number of aryl methyl sites for hydroxylation is 1. The largest absolute Gasteiger partial charge is 0.350 e. The molecule has 2 N–H and O–H groups in total. The summed E-state index contributed by atoms with van der Waals surface area (Å²) in [5, 5.41) is 6.43. The number of hydrogen-bond acceptors (Lipinski definition) is 4. The van der Waals surface area contributed by atoms with Gasteiger partial charge in [-0.25, -0.2) is 4.98 Å². The van der Waals surface area contributed by atoms with E-state index >= 15 is 0 Å². The van der Waals surface area contributed by atoms with Gasteiger partial charge in [0.1, 0.15) is 5.82 Å². The van der Waals surface area contributed by atoms with Crippen LogP contribution >= 0.6 is 11.6 Å². The molecule has 136 valence electrons. The van der Waals surface area contributed by atoms with E-state index in [2.05, 4.69) is 15.6 Å². The second kappa shape index (κ2) is 7.74. The molecular formula is C19H21ClN4O2. The Labute approximate surface area is 157 Å². The van der Waals surface area contributed by atoms with Gasteiger partial charge in [0.25, 0.3) is 0 Å². The summed E-state index contributed by atoms with van der Waals surface area (Å²) in [5.74, 6) is 0.634. The molecule has 2 aromatic rings. The van der Waals surface area contributed by atoms with Gasteiger partial charge in [-0.1, -0.05) is 23.7 Å². The second-order valence-electron chi connectivity index (χ2n) is 6.44. The number of aromatic nitrogens is 1. The summed E-state index contributed by atoms with van der Waals surface area (Å²) < 4.78 is 0. The van der Waals surface area contributed by atoms with Crippen molar-refractivity contribution in [1.82, 2.24) is 10.3 Å². The molecule has 0 saturated heterocycles. The zero-order valence-electron chi connectivity index (χ0n) is 14.8. The van der Waals surface area contributed by atoms with Crippen LogP contribution in [0.3, 0.4) is 0 Å². The summed E-state index contributed by atoms with van der Waals surface area (Å²) in [6.07, 6.45) is 2.77. The summed E-state index contributed by atoms with van der Waals surface area (Å²) in [4.78, 5) is 29.8. The normalized spacial score (nSPS) is 14.2. The molecule has 0 aliphatic carbocycles. The van der Waals surface area contributed by atoms with Crippen LogP contribution in [0.4, 0.5) is 11.5 Å². The number of hydrogen-bond donors (Lipinski definition) is 2. The third-order valence-corrected chi connectivity index (χ3v) is 4.61. The van der Waals surface area contributed by atoms with E-state index in [-0.39, 0.29) is 24.4 Å². The maximum Gasteiger partial charge on any atom is 0.240 e. The highest BCUT2D eigenvalue weighted by molar-refractivity contribution is 6.30. The molecule has 1 aromatic heterocycles. The number of halogens is 1. The monoisotopic (exact) mass is 372 g/mol. The van der Waals surface area contributed by atoms with Crippen LogP contribution in [0.5, 0.6) is 0 Å². The van der Waals surface area contributed by atoms with E-state index in [0.29, 0.717) is 17.3 Å². The Bertz CT molecular complexity index is 823. The van der Waals surface area contributed by atoms with Gasteiger partial charge in [0, 0.05) is 25.4 Å². The zero-order valence-corrected chi connectivity index (χ0v) is 15.5. The molecule has 0 fully saturated rings. The summed E-state index contributed by atoms with van der Waals surface area (Å²) >= 11 is 5.83. The van der Waals surface area contributed by atoms with Crippen LogP contribution in [0, 0.1) is 0 Å². The van der Waals surface area contributed by atoms with Crippen molar-refractivity contribution in [3.8, 4) is 0 Å². The van der Waals surface area contributed by atoms with Gasteiger partial charge in [-0.2, -0.15) is 0 Å².